The number of hydrogen-bond donors (Lipinski definition) is 3. The number of anilines is 2. The molecule has 316 valence electrons. The summed E-state index contributed by atoms with van der Waals surface area (Å²) in [6.07, 6.45) is 1.58. The van der Waals surface area contributed by atoms with Gasteiger partial charge in [0, 0.05) is 27.6 Å². The van der Waals surface area contributed by atoms with E-state index >= 15 is 0 Å². The fraction of sp³-hybridized carbons (Fsp3) is 0.271. The fourth-order valence-corrected chi connectivity index (χ4v) is 8.88. The summed E-state index contributed by atoms with van der Waals surface area (Å²) in [5, 5.41) is 8.33. The standard InChI is InChI=1S/C48H50N4O7S2/c1-7-58-46(56)40-37-25-26-52(47(57)59-48(4,5)6)29-39(37)61-45(40)51-44(55)41(33-15-10-8-11-16-33)60-36-20-14-19-35(28-36)49-43(54)38(50-42(53)34-17-12-9-13-18-34)27-31-21-23-32(24-22-31)30(2)3/h8-24,27-28,30,41H,7,25-26,29H2,1-6H3,(H,49,54)(H,50,53)(H,51,55)/b38-27+. The molecule has 1 aromatic heterocycles. The van der Waals surface area contributed by atoms with Crippen molar-refractivity contribution in [2.45, 2.75) is 76.2 Å². The van der Waals surface area contributed by atoms with Crippen LogP contribution >= 0.6 is 23.1 Å². The number of benzene rings is 4. The van der Waals surface area contributed by atoms with Crippen LogP contribution in [0.2, 0.25) is 0 Å². The number of rotatable bonds is 13. The smallest absolute Gasteiger partial charge is 0.410 e. The first kappa shape index (κ1) is 44.4. The minimum Gasteiger partial charge on any atom is -0.462 e. The van der Waals surface area contributed by atoms with Gasteiger partial charge in [0.05, 0.1) is 18.7 Å². The molecule has 13 heteroatoms. The van der Waals surface area contributed by atoms with Crippen molar-refractivity contribution in [3.63, 3.8) is 0 Å². The first-order chi connectivity index (χ1) is 29.2. The molecule has 1 aliphatic rings. The number of fused-ring (bicyclic) bond motifs is 1. The van der Waals surface area contributed by atoms with Crippen molar-refractivity contribution in [3.8, 4) is 0 Å². The second-order valence-electron chi connectivity index (χ2n) is 15.7. The van der Waals surface area contributed by atoms with Gasteiger partial charge >= 0.3 is 12.1 Å². The van der Waals surface area contributed by atoms with Gasteiger partial charge in [-0.2, -0.15) is 0 Å². The first-order valence-corrected chi connectivity index (χ1v) is 21.8. The summed E-state index contributed by atoms with van der Waals surface area (Å²) in [7, 11) is 0. The van der Waals surface area contributed by atoms with E-state index in [-0.39, 0.29) is 24.8 Å². The molecule has 61 heavy (non-hydrogen) atoms. The molecule has 0 bridgehead atoms. The number of esters is 1. The van der Waals surface area contributed by atoms with Crippen LogP contribution in [-0.4, -0.2) is 53.4 Å². The topological polar surface area (TPSA) is 143 Å². The molecule has 4 amide bonds. The van der Waals surface area contributed by atoms with E-state index in [1.165, 1.54) is 23.1 Å². The summed E-state index contributed by atoms with van der Waals surface area (Å²) < 4.78 is 11.1. The van der Waals surface area contributed by atoms with Gasteiger partial charge in [-0.3, -0.25) is 14.4 Å². The van der Waals surface area contributed by atoms with Gasteiger partial charge in [0.15, 0.2) is 0 Å². The summed E-state index contributed by atoms with van der Waals surface area (Å²) >= 11 is 2.52. The first-order valence-electron chi connectivity index (χ1n) is 20.1. The molecular formula is C48H50N4O7S2. The zero-order valence-corrected chi connectivity index (χ0v) is 36.7. The van der Waals surface area contributed by atoms with E-state index in [1.807, 2.05) is 87.5 Å². The van der Waals surface area contributed by atoms with Gasteiger partial charge in [0.25, 0.3) is 11.8 Å². The lowest BCUT2D eigenvalue weighted by molar-refractivity contribution is -0.116. The minimum atomic E-state index is -0.783. The Hall–Kier alpha value is -6.18. The van der Waals surface area contributed by atoms with Crippen LogP contribution in [0.5, 0.6) is 0 Å². The molecule has 0 spiro atoms. The number of thioether (sulfide) groups is 1. The molecule has 1 aliphatic heterocycles. The third-order valence-electron chi connectivity index (χ3n) is 9.55. The molecule has 0 fully saturated rings. The van der Waals surface area contributed by atoms with Gasteiger partial charge in [0.1, 0.15) is 21.5 Å². The Morgan fingerprint density at radius 2 is 1.54 bits per heavy atom. The van der Waals surface area contributed by atoms with Gasteiger partial charge in [0.2, 0.25) is 5.91 Å². The SMILES string of the molecule is CCOC(=O)c1c(NC(=O)C(Sc2cccc(NC(=O)/C(=C\c3ccc(C(C)C)cc3)NC(=O)c3ccccc3)c2)c2ccccc2)sc2c1CCN(C(=O)OC(C)(C)C)C2. The van der Waals surface area contributed by atoms with E-state index in [0.717, 1.165) is 21.6 Å². The third-order valence-corrected chi connectivity index (χ3v) is 11.9. The van der Waals surface area contributed by atoms with Gasteiger partial charge in [-0.05, 0) is 98.7 Å². The lowest BCUT2D eigenvalue weighted by atomic mass is 10.0. The van der Waals surface area contributed by atoms with Crippen LogP contribution in [0.25, 0.3) is 6.08 Å². The van der Waals surface area contributed by atoms with Crippen LogP contribution in [0.4, 0.5) is 15.5 Å². The van der Waals surface area contributed by atoms with Crippen LogP contribution in [0.3, 0.4) is 0 Å². The van der Waals surface area contributed by atoms with Crippen molar-refractivity contribution >= 4 is 69.6 Å². The maximum absolute atomic E-state index is 14.4. The van der Waals surface area contributed by atoms with Gasteiger partial charge < -0.3 is 30.3 Å². The molecule has 4 aromatic carbocycles. The number of carbonyl (C=O) groups is 5. The van der Waals surface area contributed by atoms with Crippen LogP contribution in [0.15, 0.2) is 120 Å². The number of nitrogens with one attached hydrogen (secondary N) is 3. The molecule has 0 aliphatic carbocycles. The normalized spacial score (nSPS) is 13.2. The van der Waals surface area contributed by atoms with E-state index in [9.17, 15) is 24.0 Å². The molecular weight excluding hydrogens is 809 g/mol. The number of ether oxygens (including phenoxy) is 2. The van der Waals surface area contributed by atoms with Gasteiger partial charge in [-0.1, -0.05) is 92.7 Å². The van der Waals surface area contributed by atoms with Crippen molar-refractivity contribution in [1.29, 1.82) is 0 Å². The second kappa shape index (κ2) is 19.9. The predicted molar refractivity (Wildman–Crippen MR) is 242 cm³/mol. The Labute approximate surface area is 364 Å². The maximum atomic E-state index is 14.4. The summed E-state index contributed by atoms with van der Waals surface area (Å²) in [5.41, 5.74) is 3.87. The molecule has 6 rings (SSSR count). The third kappa shape index (κ3) is 11.8. The van der Waals surface area contributed by atoms with Gasteiger partial charge in [-0.25, -0.2) is 9.59 Å². The van der Waals surface area contributed by atoms with E-state index in [2.05, 4.69) is 29.8 Å². The minimum absolute atomic E-state index is 0.0519. The highest BCUT2D eigenvalue weighted by atomic mass is 32.2. The maximum Gasteiger partial charge on any atom is 0.410 e. The van der Waals surface area contributed by atoms with Crippen molar-refractivity contribution in [3.05, 3.63) is 153 Å². The average Bonchev–Trinajstić information content (AvgIpc) is 3.60. The van der Waals surface area contributed by atoms with Crippen LogP contribution in [-0.2, 0) is 32.0 Å². The van der Waals surface area contributed by atoms with Crippen LogP contribution < -0.4 is 16.0 Å². The number of carbonyl (C=O) groups excluding carboxylic acids is 5. The summed E-state index contributed by atoms with van der Waals surface area (Å²) in [6.45, 7) is 12.1. The quantitative estimate of drug-likeness (QED) is 0.0603. The van der Waals surface area contributed by atoms with E-state index in [4.69, 9.17) is 9.47 Å². The summed E-state index contributed by atoms with van der Waals surface area (Å²) in [5.74, 6) is -1.56. The monoisotopic (exact) mass is 858 g/mol. The van der Waals surface area contributed by atoms with E-state index in [0.29, 0.717) is 51.2 Å². The highest BCUT2D eigenvalue weighted by Gasteiger charge is 2.34. The largest absolute Gasteiger partial charge is 0.462 e. The molecule has 3 N–H and O–H groups in total. The Kier molecular flexibility index (Phi) is 14.5. The summed E-state index contributed by atoms with van der Waals surface area (Å²) in [6, 6.07) is 32.8. The molecule has 0 saturated heterocycles. The van der Waals surface area contributed by atoms with Crippen LogP contribution in [0, 0.1) is 0 Å². The van der Waals surface area contributed by atoms with Crippen molar-refractivity contribution < 1.29 is 33.4 Å². The molecule has 11 nitrogen and oxygen atoms in total. The molecule has 1 atom stereocenters. The lowest BCUT2D eigenvalue weighted by Crippen LogP contribution is -2.39. The molecule has 0 saturated carbocycles. The van der Waals surface area contributed by atoms with Gasteiger partial charge in [-0.15, -0.1) is 23.1 Å². The Morgan fingerprint density at radius 1 is 0.852 bits per heavy atom. The zero-order chi connectivity index (χ0) is 43.7. The second-order valence-corrected chi connectivity index (χ2v) is 17.9. The highest BCUT2D eigenvalue weighted by Crippen LogP contribution is 2.41. The summed E-state index contributed by atoms with van der Waals surface area (Å²) in [4.78, 5) is 71.0. The number of hydrogen-bond acceptors (Lipinski definition) is 9. The van der Waals surface area contributed by atoms with E-state index in [1.54, 1.807) is 60.4 Å². The highest BCUT2D eigenvalue weighted by molar-refractivity contribution is 8.00. The zero-order valence-electron chi connectivity index (χ0n) is 35.1. The fourth-order valence-electron chi connectivity index (χ4n) is 6.54. The predicted octanol–water partition coefficient (Wildman–Crippen LogP) is 10.2. The molecule has 5 aromatic rings. The van der Waals surface area contributed by atoms with E-state index < -0.39 is 34.7 Å². The average molecular weight is 859 g/mol. The number of amides is 4. The molecule has 2 heterocycles. The lowest BCUT2D eigenvalue weighted by Gasteiger charge is -2.30. The molecule has 1 unspecified atom stereocenters. The molecule has 0 radical (unpaired) electrons. The Bertz CT molecular complexity index is 2410. The number of thiophene rings is 1. The van der Waals surface area contributed by atoms with Crippen molar-refractivity contribution in [2.75, 3.05) is 23.8 Å². The number of nitrogens with zero attached hydrogens (tertiary/aromatic N) is 1. The van der Waals surface area contributed by atoms with Crippen LogP contribution in [0.1, 0.15) is 101 Å². The van der Waals surface area contributed by atoms with Crippen molar-refractivity contribution in [1.82, 2.24) is 10.2 Å². The van der Waals surface area contributed by atoms with Crippen molar-refractivity contribution in [2.24, 2.45) is 0 Å². The Morgan fingerprint density at radius 3 is 2.20 bits per heavy atom. The Balaban J connectivity index is 1.25.